The number of benzene rings is 2. The lowest BCUT2D eigenvalue weighted by Gasteiger charge is -2.32. The first-order chi connectivity index (χ1) is 16.3. The molecule has 0 atom stereocenters. The summed E-state index contributed by atoms with van der Waals surface area (Å²) in [6, 6.07) is 15.1. The quantitative estimate of drug-likeness (QED) is 0.540. The summed E-state index contributed by atoms with van der Waals surface area (Å²) in [7, 11) is -3.61. The number of nitriles is 1. The van der Waals surface area contributed by atoms with Crippen molar-refractivity contribution >= 4 is 26.8 Å². The number of rotatable bonds is 7. The molecule has 2 N–H and O–H groups in total. The molecule has 2 heterocycles. The van der Waals surface area contributed by atoms with E-state index in [1.165, 1.54) is 21.0 Å². The van der Waals surface area contributed by atoms with Crippen LogP contribution in [0.3, 0.4) is 0 Å². The average Bonchev–Trinajstić information content (AvgIpc) is 2.83. The SMILES string of the molecule is C=CNS(=O)(=O)N1CCC(Nc2c(C#N)c(=O)n(Cc3ccc(F)cc3)c3ccccc23)CC1. The molecule has 0 bridgehead atoms. The number of aromatic nitrogens is 1. The van der Waals surface area contributed by atoms with Crippen molar-refractivity contribution < 1.29 is 12.8 Å². The van der Waals surface area contributed by atoms with E-state index in [0.29, 0.717) is 42.5 Å². The molecule has 1 fully saturated rings. The van der Waals surface area contributed by atoms with Crippen LogP contribution in [-0.2, 0) is 16.8 Å². The molecule has 1 aliphatic heterocycles. The minimum Gasteiger partial charge on any atom is -0.380 e. The molecule has 0 aliphatic carbocycles. The lowest BCUT2D eigenvalue weighted by molar-refractivity contribution is 0.327. The summed E-state index contributed by atoms with van der Waals surface area (Å²) >= 11 is 0. The Bertz CT molecular complexity index is 1420. The molecule has 4 rings (SSSR count). The molecular weight excluding hydrogens is 457 g/mol. The largest absolute Gasteiger partial charge is 0.380 e. The molecule has 34 heavy (non-hydrogen) atoms. The fourth-order valence-corrected chi connectivity index (χ4v) is 5.27. The van der Waals surface area contributed by atoms with Crippen LogP contribution >= 0.6 is 0 Å². The van der Waals surface area contributed by atoms with Gasteiger partial charge in [0.05, 0.1) is 17.7 Å². The Labute approximate surface area is 197 Å². The predicted molar refractivity (Wildman–Crippen MR) is 129 cm³/mol. The Kier molecular flexibility index (Phi) is 6.68. The van der Waals surface area contributed by atoms with Gasteiger partial charge in [-0.3, -0.25) is 9.52 Å². The summed E-state index contributed by atoms with van der Waals surface area (Å²) in [5, 5.41) is 13.9. The Morgan fingerprint density at radius 1 is 1.15 bits per heavy atom. The van der Waals surface area contributed by atoms with Crippen molar-refractivity contribution in [2.75, 3.05) is 18.4 Å². The summed E-state index contributed by atoms with van der Waals surface area (Å²) in [6.45, 7) is 4.18. The van der Waals surface area contributed by atoms with Crippen LogP contribution in [0.2, 0.25) is 0 Å². The van der Waals surface area contributed by atoms with Gasteiger partial charge in [-0.1, -0.05) is 36.9 Å². The molecule has 2 aromatic carbocycles. The van der Waals surface area contributed by atoms with E-state index in [9.17, 15) is 22.9 Å². The number of halogens is 1. The van der Waals surface area contributed by atoms with E-state index in [0.717, 1.165) is 11.8 Å². The zero-order chi connectivity index (χ0) is 24.3. The number of pyridine rings is 1. The summed E-state index contributed by atoms with van der Waals surface area (Å²) in [5.74, 6) is -0.364. The van der Waals surface area contributed by atoms with Crippen molar-refractivity contribution in [1.29, 1.82) is 5.26 Å². The Morgan fingerprint density at radius 2 is 1.82 bits per heavy atom. The van der Waals surface area contributed by atoms with Crippen LogP contribution < -0.4 is 15.6 Å². The number of hydrogen-bond donors (Lipinski definition) is 2. The first-order valence-corrected chi connectivity index (χ1v) is 12.2. The van der Waals surface area contributed by atoms with Gasteiger partial charge >= 0.3 is 10.2 Å². The first kappa shape index (κ1) is 23.5. The molecule has 8 nitrogen and oxygen atoms in total. The van der Waals surface area contributed by atoms with Crippen LogP contribution in [0.25, 0.3) is 10.9 Å². The van der Waals surface area contributed by atoms with Gasteiger partial charge in [-0.25, -0.2) is 4.39 Å². The zero-order valence-electron chi connectivity index (χ0n) is 18.4. The third-order valence-corrected chi connectivity index (χ3v) is 7.42. The molecular formula is C24H24FN5O3S. The van der Waals surface area contributed by atoms with Gasteiger partial charge in [-0.15, -0.1) is 0 Å². The molecule has 1 aromatic heterocycles. The average molecular weight is 482 g/mol. The molecule has 3 aromatic rings. The van der Waals surface area contributed by atoms with Gasteiger partial charge in [0.1, 0.15) is 17.4 Å². The van der Waals surface area contributed by atoms with E-state index in [4.69, 9.17) is 0 Å². The highest BCUT2D eigenvalue weighted by Crippen LogP contribution is 2.28. The summed E-state index contributed by atoms with van der Waals surface area (Å²) < 4.78 is 42.8. The Morgan fingerprint density at radius 3 is 2.47 bits per heavy atom. The van der Waals surface area contributed by atoms with Gasteiger partial charge in [0, 0.05) is 30.7 Å². The fraction of sp³-hybridized carbons (Fsp3) is 0.250. The molecule has 1 saturated heterocycles. The number of piperidine rings is 1. The normalized spacial score (nSPS) is 15.1. The molecule has 0 unspecified atom stereocenters. The fourth-order valence-electron chi connectivity index (χ4n) is 4.21. The van der Waals surface area contributed by atoms with Crippen LogP contribution in [-0.4, -0.2) is 36.4 Å². The smallest absolute Gasteiger partial charge is 0.301 e. The Hall–Kier alpha value is -3.68. The maximum atomic E-state index is 13.3. The van der Waals surface area contributed by atoms with Crippen molar-refractivity contribution in [3.63, 3.8) is 0 Å². The second-order valence-electron chi connectivity index (χ2n) is 8.04. The number of fused-ring (bicyclic) bond motifs is 1. The second-order valence-corrected chi connectivity index (χ2v) is 9.74. The van der Waals surface area contributed by atoms with Gasteiger partial charge in [0.15, 0.2) is 0 Å². The third-order valence-electron chi connectivity index (χ3n) is 5.91. The summed E-state index contributed by atoms with van der Waals surface area (Å²) in [4.78, 5) is 13.3. The number of nitrogens with zero attached hydrogens (tertiary/aromatic N) is 3. The van der Waals surface area contributed by atoms with E-state index in [1.807, 2.05) is 30.3 Å². The molecule has 0 spiro atoms. The van der Waals surface area contributed by atoms with E-state index in [1.54, 1.807) is 12.1 Å². The minimum atomic E-state index is -3.61. The zero-order valence-corrected chi connectivity index (χ0v) is 19.2. The molecule has 0 radical (unpaired) electrons. The van der Waals surface area contributed by atoms with Crippen LogP contribution in [0.15, 0.2) is 66.1 Å². The third kappa shape index (κ3) is 4.66. The second kappa shape index (κ2) is 9.67. The van der Waals surface area contributed by atoms with Crippen LogP contribution in [0.1, 0.15) is 24.0 Å². The standard InChI is InChI=1S/C24H24FN5O3S/c1-2-27-34(32,33)29-13-11-19(12-14-29)28-23-20-5-3-4-6-22(20)30(24(31)21(23)15-26)16-17-7-9-18(25)10-8-17/h2-10,19,27-28H,1,11-14,16H2. The maximum Gasteiger partial charge on any atom is 0.301 e. The van der Waals surface area contributed by atoms with Crippen molar-refractivity contribution in [2.45, 2.75) is 25.4 Å². The van der Waals surface area contributed by atoms with Crippen molar-refractivity contribution in [1.82, 2.24) is 13.6 Å². The van der Waals surface area contributed by atoms with Gasteiger partial charge in [0.25, 0.3) is 5.56 Å². The number of anilines is 1. The topological polar surface area (TPSA) is 107 Å². The molecule has 1 aliphatic rings. The van der Waals surface area contributed by atoms with Crippen molar-refractivity contribution in [2.24, 2.45) is 0 Å². The first-order valence-electron chi connectivity index (χ1n) is 10.8. The van der Waals surface area contributed by atoms with Gasteiger partial charge < -0.3 is 9.88 Å². The van der Waals surface area contributed by atoms with E-state index in [2.05, 4.69) is 16.6 Å². The highest BCUT2D eigenvalue weighted by Gasteiger charge is 2.28. The van der Waals surface area contributed by atoms with Crippen molar-refractivity contribution in [3.8, 4) is 6.07 Å². The Balaban J connectivity index is 1.67. The molecule has 0 saturated carbocycles. The van der Waals surface area contributed by atoms with Crippen LogP contribution in [0.4, 0.5) is 10.1 Å². The van der Waals surface area contributed by atoms with Crippen LogP contribution in [0.5, 0.6) is 0 Å². The van der Waals surface area contributed by atoms with Crippen molar-refractivity contribution in [3.05, 3.63) is 88.6 Å². The number of para-hydroxylation sites is 1. The molecule has 176 valence electrons. The van der Waals surface area contributed by atoms with Gasteiger partial charge in [-0.2, -0.15) is 18.0 Å². The maximum absolute atomic E-state index is 13.3. The lowest BCUT2D eigenvalue weighted by Crippen LogP contribution is -2.46. The highest BCUT2D eigenvalue weighted by atomic mass is 32.2. The minimum absolute atomic E-state index is 0.0100. The predicted octanol–water partition coefficient (Wildman–Crippen LogP) is 2.91. The monoisotopic (exact) mass is 481 g/mol. The molecule has 0 amide bonds. The van der Waals surface area contributed by atoms with E-state index in [-0.39, 0.29) is 24.0 Å². The summed E-state index contributed by atoms with van der Waals surface area (Å²) in [6.07, 6.45) is 2.15. The molecule has 10 heteroatoms. The number of hydrogen-bond acceptors (Lipinski definition) is 5. The summed E-state index contributed by atoms with van der Waals surface area (Å²) in [5.41, 5.74) is 1.38. The number of nitrogens with one attached hydrogen (secondary N) is 2. The van der Waals surface area contributed by atoms with Gasteiger partial charge in [0.2, 0.25) is 0 Å². The van der Waals surface area contributed by atoms with Gasteiger partial charge in [-0.05, 0) is 36.6 Å². The lowest BCUT2D eigenvalue weighted by atomic mass is 10.0. The van der Waals surface area contributed by atoms with E-state index < -0.39 is 15.8 Å². The van der Waals surface area contributed by atoms with Crippen LogP contribution in [0, 0.1) is 17.1 Å². The highest BCUT2D eigenvalue weighted by molar-refractivity contribution is 7.87. The van der Waals surface area contributed by atoms with E-state index >= 15 is 0 Å².